The van der Waals surface area contributed by atoms with Gasteiger partial charge in [-0.2, -0.15) is 5.10 Å². The third-order valence-corrected chi connectivity index (χ3v) is 4.32. The predicted molar refractivity (Wildman–Crippen MR) is 88.5 cm³/mol. The number of hydrogen-bond donors (Lipinski definition) is 0. The van der Waals surface area contributed by atoms with Crippen LogP contribution >= 0.6 is 11.3 Å². The summed E-state index contributed by atoms with van der Waals surface area (Å²) < 4.78 is 3.66. The Kier molecular flexibility index (Phi) is 3.47. The predicted octanol–water partition coefficient (Wildman–Crippen LogP) is 2.94. The van der Waals surface area contributed by atoms with Gasteiger partial charge in [0.15, 0.2) is 0 Å². The molecule has 0 unspecified atom stereocenters. The van der Waals surface area contributed by atoms with Gasteiger partial charge in [-0.1, -0.05) is 23.4 Å². The molecule has 3 aromatic heterocycles. The lowest BCUT2D eigenvalue weighted by Gasteiger charge is -2.04. The molecule has 0 fully saturated rings. The zero-order valence-corrected chi connectivity index (χ0v) is 13.3. The Morgan fingerprint density at radius 1 is 1.17 bits per heavy atom. The standard InChI is InChI=1S/C16H14N6S/c1-12-4-2-3-5-15(12)22-9-13(8-18-22)14-10-21(20-19-14)11-16-17-6-7-23-16/h2-10H,11H2,1H3. The van der Waals surface area contributed by atoms with Gasteiger partial charge in [-0.15, -0.1) is 16.4 Å². The Hall–Kier alpha value is -2.80. The molecule has 0 aliphatic rings. The summed E-state index contributed by atoms with van der Waals surface area (Å²) in [6.07, 6.45) is 7.49. The average molecular weight is 322 g/mol. The number of hydrogen-bond acceptors (Lipinski definition) is 5. The third kappa shape index (κ3) is 2.78. The fourth-order valence-corrected chi connectivity index (χ4v) is 2.99. The van der Waals surface area contributed by atoms with Gasteiger partial charge in [0, 0.05) is 23.3 Å². The quantitative estimate of drug-likeness (QED) is 0.579. The molecule has 6 nitrogen and oxygen atoms in total. The molecular weight excluding hydrogens is 308 g/mol. The van der Waals surface area contributed by atoms with Crippen molar-refractivity contribution in [2.75, 3.05) is 0 Å². The van der Waals surface area contributed by atoms with E-state index in [0.717, 1.165) is 22.0 Å². The second-order valence-corrected chi connectivity index (χ2v) is 6.17. The van der Waals surface area contributed by atoms with Crippen LogP contribution in [-0.2, 0) is 6.54 Å². The largest absolute Gasteiger partial charge is 0.248 e. The number of aromatic nitrogens is 6. The lowest BCUT2D eigenvalue weighted by molar-refractivity contribution is 0.647. The van der Waals surface area contributed by atoms with Crippen LogP contribution in [0, 0.1) is 6.92 Å². The first kappa shape index (κ1) is 13.8. The van der Waals surface area contributed by atoms with E-state index < -0.39 is 0 Å². The topological polar surface area (TPSA) is 61.4 Å². The second-order valence-electron chi connectivity index (χ2n) is 5.19. The normalized spacial score (nSPS) is 11.0. The van der Waals surface area contributed by atoms with Crippen LogP contribution < -0.4 is 0 Å². The molecule has 23 heavy (non-hydrogen) atoms. The molecule has 0 amide bonds. The van der Waals surface area contributed by atoms with Gasteiger partial charge < -0.3 is 0 Å². The number of thiazole rings is 1. The highest BCUT2D eigenvalue weighted by Crippen LogP contribution is 2.19. The molecule has 0 aliphatic heterocycles. The number of nitrogens with zero attached hydrogens (tertiary/aromatic N) is 6. The highest BCUT2D eigenvalue weighted by atomic mass is 32.1. The summed E-state index contributed by atoms with van der Waals surface area (Å²) >= 11 is 1.61. The van der Waals surface area contributed by atoms with Crippen LogP contribution in [0.2, 0.25) is 0 Å². The van der Waals surface area contributed by atoms with Crippen molar-refractivity contribution < 1.29 is 0 Å². The van der Waals surface area contributed by atoms with Gasteiger partial charge in [0.25, 0.3) is 0 Å². The summed E-state index contributed by atoms with van der Waals surface area (Å²) in [5.41, 5.74) is 3.99. The van der Waals surface area contributed by atoms with Crippen LogP contribution in [-0.4, -0.2) is 29.8 Å². The molecule has 0 radical (unpaired) electrons. The molecule has 0 saturated carbocycles. The summed E-state index contributed by atoms with van der Waals surface area (Å²) in [6, 6.07) is 8.15. The van der Waals surface area contributed by atoms with Crippen molar-refractivity contribution in [1.82, 2.24) is 29.8 Å². The zero-order valence-electron chi connectivity index (χ0n) is 12.5. The SMILES string of the molecule is Cc1ccccc1-n1cc(-c2cn(Cc3nccs3)nn2)cn1. The molecule has 114 valence electrons. The van der Waals surface area contributed by atoms with E-state index in [1.807, 2.05) is 46.9 Å². The summed E-state index contributed by atoms with van der Waals surface area (Å²) in [4.78, 5) is 4.26. The van der Waals surface area contributed by atoms with Crippen LogP contribution in [0.1, 0.15) is 10.6 Å². The van der Waals surface area contributed by atoms with Crippen LogP contribution in [0.25, 0.3) is 16.9 Å². The summed E-state index contributed by atoms with van der Waals surface area (Å²) in [6.45, 7) is 2.71. The second kappa shape index (κ2) is 5.77. The minimum absolute atomic E-state index is 0.636. The number of benzene rings is 1. The van der Waals surface area contributed by atoms with Crippen LogP contribution in [0.4, 0.5) is 0 Å². The fraction of sp³-hybridized carbons (Fsp3) is 0.125. The van der Waals surface area contributed by atoms with E-state index in [4.69, 9.17) is 0 Å². The molecule has 0 N–H and O–H groups in total. The van der Waals surface area contributed by atoms with Crippen molar-refractivity contribution >= 4 is 11.3 Å². The number of aryl methyl sites for hydroxylation is 1. The fourth-order valence-electron chi connectivity index (χ4n) is 2.38. The van der Waals surface area contributed by atoms with E-state index in [9.17, 15) is 0 Å². The van der Waals surface area contributed by atoms with Gasteiger partial charge in [0.2, 0.25) is 0 Å². The zero-order chi connectivity index (χ0) is 15.6. The molecule has 0 aliphatic carbocycles. The minimum atomic E-state index is 0.636. The van der Waals surface area contributed by atoms with Crippen LogP contribution in [0.15, 0.2) is 54.4 Å². The molecule has 7 heteroatoms. The van der Waals surface area contributed by atoms with Crippen molar-refractivity contribution in [2.24, 2.45) is 0 Å². The van der Waals surface area contributed by atoms with Crippen molar-refractivity contribution in [3.05, 3.63) is 65.0 Å². The van der Waals surface area contributed by atoms with Crippen molar-refractivity contribution in [2.45, 2.75) is 13.5 Å². The van der Waals surface area contributed by atoms with E-state index in [-0.39, 0.29) is 0 Å². The average Bonchev–Trinajstić information content (AvgIpc) is 3.29. The van der Waals surface area contributed by atoms with E-state index >= 15 is 0 Å². The highest BCUT2D eigenvalue weighted by Gasteiger charge is 2.09. The Bertz CT molecular complexity index is 922. The van der Waals surface area contributed by atoms with E-state index in [1.165, 1.54) is 5.56 Å². The summed E-state index contributed by atoms with van der Waals surface area (Å²) in [5, 5.41) is 15.8. The molecule has 0 saturated heterocycles. The maximum atomic E-state index is 4.44. The first-order chi connectivity index (χ1) is 11.3. The van der Waals surface area contributed by atoms with Gasteiger partial charge in [0.1, 0.15) is 10.7 Å². The Morgan fingerprint density at radius 3 is 2.91 bits per heavy atom. The van der Waals surface area contributed by atoms with Crippen LogP contribution in [0.3, 0.4) is 0 Å². The van der Waals surface area contributed by atoms with Crippen LogP contribution in [0.5, 0.6) is 0 Å². The summed E-state index contributed by atoms with van der Waals surface area (Å²) in [7, 11) is 0. The number of rotatable bonds is 4. The first-order valence-electron chi connectivity index (χ1n) is 7.19. The smallest absolute Gasteiger partial charge is 0.116 e. The van der Waals surface area contributed by atoms with E-state index in [0.29, 0.717) is 6.54 Å². The third-order valence-electron chi connectivity index (χ3n) is 3.56. The molecule has 0 bridgehead atoms. The maximum Gasteiger partial charge on any atom is 0.116 e. The van der Waals surface area contributed by atoms with Gasteiger partial charge in [-0.25, -0.2) is 14.3 Å². The van der Waals surface area contributed by atoms with E-state index in [1.54, 1.807) is 22.2 Å². The van der Waals surface area contributed by atoms with Gasteiger partial charge >= 0.3 is 0 Å². The molecule has 4 aromatic rings. The van der Waals surface area contributed by atoms with E-state index in [2.05, 4.69) is 33.4 Å². The van der Waals surface area contributed by atoms with Gasteiger partial charge in [0.05, 0.1) is 24.6 Å². The minimum Gasteiger partial charge on any atom is -0.248 e. The Morgan fingerprint density at radius 2 is 2.09 bits per heavy atom. The summed E-state index contributed by atoms with van der Waals surface area (Å²) in [5.74, 6) is 0. The van der Waals surface area contributed by atoms with Crippen molar-refractivity contribution in [1.29, 1.82) is 0 Å². The lowest BCUT2D eigenvalue weighted by atomic mass is 10.2. The maximum absolute atomic E-state index is 4.44. The molecule has 4 rings (SSSR count). The Balaban J connectivity index is 1.60. The molecular formula is C16H14N6S. The Labute approximate surface area is 137 Å². The van der Waals surface area contributed by atoms with Gasteiger partial charge in [-0.05, 0) is 18.6 Å². The van der Waals surface area contributed by atoms with Gasteiger partial charge in [-0.3, -0.25) is 0 Å². The van der Waals surface area contributed by atoms with Crippen molar-refractivity contribution in [3.63, 3.8) is 0 Å². The monoisotopic (exact) mass is 322 g/mol. The molecule has 1 aromatic carbocycles. The number of para-hydroxylation sites is 1. The molecule has 0 atom stereocenters. The van der Waals surface area contributed by atoms with Crippen molar-refractivity contribution in [3.8, 4) is 16.9 Å². The lowest BCUT2D eigenvalue weighted by Crippen LogP contribution is -1.99. The highest BCUT2D eigenvalue weighted by molar-refractivity contribution is 7.09. The molecule has 3 heterocycles. The molecule has 0 spiro atoms. The first-order valence-corrected chi connectivity index (χ1v) is 8.07.